The zero-order chi connectivity index (χ0) is 21.9. The molecular weight excluding hydrogens is 424 g/mol. The number of imide groups is 1. The number of hydrogen-bond donors (Lipinski definition) is 2. The van der Waals surface area contributed by atoms with Gasteiger partial charge in [-0.05, 0) is 29.3 Å². The number of nitro benzene ring substituents is 1. The zero-order valence-corrected chi connectivity index (χ0v) is 16.6. The molecule has 0 spiro atoms. The molecule has 3 amide bonds. The molecule has 10 heteroatoms. The maximum Gasteiger partial charge on any atom is 0.289 e. The van der Waals surface area contributed by atoms with Gasteiger partial charge in [-0.15, -0.1) is 0 Å². The van der Waals surface area contributed by atoms with Gasteiger partial charge in [-0.2, -0.15) is 0 Å². The first-order chi connectivity index (χ1) is 14.9. The van der Waals surface area contributed by atoms with Gasteiger partial charge >= 0.3 is 0 Å². The van der Waals surface area contributed by atoms with E-state index in [1.165, 1.54) is 12.1 Å². The van der Waals surface area contributed by atoms with Gasteiger partial charge in [-0.25, -0.2) is 0 Å². The van der Waals surface area contributed by atoms with Gasteiger partial charge in [0.05, 0.1) is 22.8 Å². The Morgan fingerprint density at radius 1 is 1.13 bits per heavy atom. The second-order valence-corrected chi connectivity index (χ2v) is 8.01. The summed E-state index contributed by atoms with van der Waals surface area (Å²) in [5, 5.41) is 16.1. The molecule has 3 heterocycles. The third-order valence-electron chi connectivity index (χ3n) is 5.98. The highest BCUT2D eigenvalue weighted by Gasteiger charge is 2.61. The number of halogens is 1. The summed E-state index contributed by atoms with van der Waals surface area (Å²) in [6.07, 6.45) is 3.56. The third-order valence-corrected chi connectivity index (χ3v) is 6.30. The summed E-state index contributed by atoms with van der Waals surface area (Å²) >= 11 is 5.84. The minimum absolute atomic E-state index is 0.0552. The number of carbonyl (C=O) groups is 3. The second-order valence-electron chi connectivity index (χ2n) is 7.60. The van der Waals surface area contributed by atoms with Gasteiger partial charge in [0.1, 0.15) is 11.1 Å². The predicted molar refractivity (Wildman–Crippen MR) is 111 cm³/mol. The van der Waals surface area contributed by atoms with Gasteiger partial charge in [0, 0.05) is 18.0 Å². The van der Waals surface area contributed by atoms with Crippen molar-refractivity contribution in [3.8, 4) is 0 Å². The molecule has 2 aromatic carbocycles. The van der Waals surface area contributed by atoms with Crippen molar-refractivity contribution in [1.29, 1.82) is 0 Å². The van der Waals surface area contributed by atoms with Crippen LogP contribution in [0.4, 0.5) is 11.4 Å². The van der Waals surface area contributed by atoms with Crippen molar-refractivity contribution in [1.82, 2.24) is 10.2 Å². The molecule has 2 saturated heterocycles. The van der Waals surface area contributed by atoms with Crippen molar-refractivity contribution < 1.29 is 19.3 Å². The van der Waals surface area contributed by atoms with E-state index in [0.29, 0.717) is 0 Å². The first kappa shape index (κ1) is 19.3. The Morgan fingerprint density at radius 3 is 2.65 bits per heavy atom. The van der Waals surface area contributed by atoms with E-state index < -0.39 is 46.6 Å². The molecule has 0 radical (unpaired) electrons. The minimum atomic E-state index is -0.958. The quantitative estimate of drug-likeness (QED) is 0.431. The van der Waals surface area contributed by atoms with Crippen LogP contribution >= 0.6 is 11.6 Å². The van der Waals surface area contributed by atoms with Crippen LogP contribution in [0.5, 0.6) is 0 Å². The Labute approximate surface area is 180 Å². The number of fused-ring (bicyclic) bond motifs is 5. The number of amides is 3. The maximum atomic E-state index is 13.3. The van der Waals surface area contributed by atoms with E-state index in [9.17, 15) is 24.5 Å². The Kier molecular flexibility index (Phi) is 4.30. The summed E-state index contributed by atoms with van der Waals surface area (Å²) in [6, 6.07) is 10.0. The Bertz CT molecular complexity index is 1200. The topological polar surface area (TPSA) is 122 Å². The standard InChI is InChI=1S/C21H15ClN4O5/c22-13-6-5-11(9-14(13)26(30)31)23-21(29)18-16-15(19(27)24-20(16)28)17-12-4-2-1-3-10(12)7-8-25(17)18/h1-9,15-18H,(H,23,29)(H,24,27,28)/t15-,16-,17-,18+/m0/s1. The van der Waals surface area contributed by atoms with Crippen LogP contribution in [0, 0.1) is 22.0 Å². The average Bonchev–Trinajstić information content (AvgIpc) is 3.24. The fourth-order valence-electron chi connectivity index (χ4n) is 4.72. The Balaban J connectivity index is 1.52. The normalized spacial score (nSPS) is 25.5. The number of rotatable bonds is 3. The van der Waals surface area contributed by atoms with Crippen LogP contribution in [0.1, 0.15) is 17.2 Å². The van der Waals surface area contributed by atoms with Crippen molar-refractivity contribution in [3.63, 3.8) is 0 Å². The first-order valence-electron chi connectivity index (χ1n) is 9.51. The minimum Gasteiger partial charge on any atom is -0.357 e. The van der Waals surface area contributed by atoms with E-state index >= 15 is 0 Å². The molecule has 5 rings (SSSR count). The van der Waals surface area contributed by atoms with Crippen molar-refractivity contribution in [2.24, 2.45) is 11.8 Å². The fraction of sp³-hybridized carbons (Fsp3) is 0.190. The van der Waals surface area contributed by atoms with Crippen molar-refractivity contribution in [2.75, 3.05) is 5.32 Å². The number of nitro groups is 1. The number of anilines is 1. The molecule has 31 heavy (non-hydrogen) atoms. The SMILES string of the molecule is O=C1NC(=O)[C@H]2[C@H]1[C@H](C(=O)Nc1ccc(Cl)c([N+](=O)[O-])c1)N1C=Cc3ccccc3[C@@H]21. The zero-order valence-electron chi connectivity index (χ0n) is 15.8. The lowest BCUT2D eigenvalue weighted by molar-refractivity contribution is -0.384. The smallest absolute Gasteiger partial charge is 0.289 e. The highest BCUT2D eigenvalue weighted by Crippen LogP contribution is 2.50. The summed E-state index contributed by atoms with van der Waals surface area (Å²) < 4.78 is 0. The Hall–Kier alpha value is -3.72. The molecule has 156 valence electrons. The Morgan fingerprint density at radius 2 is 1.87 bits per heavy atom. The summed E-state index contributed by atoms with van der Waals surface area (Å²) in [5.41, 5.74) is 1.61. The number of benzene rings is 2. The molecule has 0 unspecified atom stereocenters. The lowest BCUT2D eigenvalue weighted by Gasteiger charge is -2.34. The molecule has 3 aliphatic heterocycles. The summed E-state index contributed by atoms with van der Waals surface area (Å²) in [5.74, 6) is -3.04. The molecule has 4 atom stereocenters. The number of nitrogens with zero attached hydrogens (tertiary/aromatic N) is 2. The molecule has 0 aliphatic carbocycles. The summed E-state index contributed by atoms with van der Waals surface area (Å²) in [6.45, 7) is 0. The van der Waals surface area contributed by atoms with E-state index in [1.54, 1.807) is 11.1 Å². The summed E-state index contributed by atoms with van der Waals surface area (Å²) in [4.78, 5) is 50.7. The highest BCUT2D eigenvalue weighted by atomic mass is 35.5. The number of hydrogen-bond acceptors (Lipinski definition) is 6. The summed E-state index contributed by atoms with van der Waals surface area (Å²) in [7, 11) is 0. The van der Waals surface area contributed by atoms with Crippen molar-refractivity contribution in [3.05, 3.63) is 74.9 Å². The van der Waals surface area contributed by atoms with Gasteiger partial charge in [-0.3, -0.25) is 29.8 Å². The lowest BCUT2D eigenvalue weighted by atomic mass is 9.84. The molecule has 0 bridgehead atoms. The van der Waals surface area contributed by atoms with E-state index in [1.807, 2.05) is 30.3 Å². The van der Waals surface area contributed by atoms with Gasteiger partial charge < -0.3 is 10.2 Å². The van der Waals surface area contributed by atoms with Gasteiger partial charge in [0.25, 0.3) is 5.69 Å². The van der Waals surface area contributed by atoms with Crippen molar-refractivity contribution in [2.45, 2.75) is 12.1 Å². The fourth-order valence-corrected chi connectivity index (χ4v) is 4.91. The molecule has 2 N–H and O–H groups in total. The molecular formula is C21H15ClN4O5. The molecule has 2 fully saturated rings. The van der Waals surface area contributed by atoms with Gasteiger partial charge in [0.2, 0.25) is 17.7 Å². The van der Waals surface area contributed by atoms with Crippen LogP contribution in [0.25, 0.3) is 6.08 Å². The van der Waals surface area contributed by atoms with Gasteiger partial charge in [-0.1, -0.05) is 35.9 Å². The lowest BCUT2D eigenvalue weighted by Crippen LogP contribution is -2.45. The maximum absolute atomic E-state index is 13.3. The third kappa shape index (κ3) is 2.89. The van der Waals surface area contributed by atoms with E-state index in [4.69, 9.17) is 11.6 Å². The van der Waals surface area contributed by atoms with Gasteiger partial charge in [0.15, 0.2) is 0 Å². The second kappa shape index (κ2) is 6.92. The van der Waals surface area contributed by atoms with Crippen LogP contribution in [-0.2, 0) is 14.4 Å². The molecule has 2 aromatic rings. The van der Waals surface area contributed by atoms with Crippen LogP contribution in [-0.4, -0.2) is 33.6 Å². The molecule has 3 aliphatic rings. The highest BCUT2D eigenvalue weighted by molar-refractivity contribution is 6.32. The van der Waals surface area contributed by atoms with E-state index in [0.717, 1.165) is 17.2 Å². The molecule has 0 aromatic heterocycles. The largest absolute Gasteiger partial charge is 0.357 e. The number of nitrogens with one attached hydrogen (secondary N) is 2. The van der Waals surface area contributed by atoms with Crippen LogP contribution in [0.3, 0.4) is 0 Å². The van der Waals surface area contributed by atoms with Crippen LogP contribution in [0.15, 0.2) is 48.7 Å². The average molecular weight is 439 g/mol. The monoisotopic (exact) mass is 438 g/mol. The molecule has 0 saturated carbocycles. The molecule has 9 nitrogen and oxygen atoms in total. The van der Waals surface area contributed by atoms with Crippen LogP contribution < -0.4 is 10.6 Å². The van der Waals surface area contributed by atoms with Crippen molar-refractivity contribution >= 4 is 46.8 Å². The van der Waals surface area contributed by atoms with E-state index in [2.05, 4.69) is 10.6 Å². The predicted octanol–water partition coefficient (Wildman–Crippen LogP) is 2.49. The number of carbonyl (C=O) groups excluding carboxylic acids is 3. The van der Waals surface area contributed by atoms with Crippen LogP contribution in [0.2, 0.25) is 5.02 Å². The first-order valence-corrected chi connectivity index (χ1v) is 9.88. The van der Waals surface area contributed by atoms with E-state index in [-0.39, 0.29) is 16.4 Å².